The Kier molecular flexibility index (Phi) is 4.70. The van der Waals surface area contributed by atoms with Gasteiger partial charge >= 0.3 is 6.18 Å². The van der Waals surface area contributed by atoms with Gasteiger partial charge in [0.05, 0.1) is 24.6 Å². The van der Waals surface area contributed by atoms with Crippen molar-refractivity contribution < 1.29 is 17.9 Å². The lowest BCUT2D eigenvalue weighted by atomic mass is 10.1. The van der Waals surface area contributed by atoms with Gasteiger partial charge in [0.2, 0.25) is 0 Å². The molecule has 0 aliphatic rings. The summed E-state index contributed by atoms with van der Waals surface area (Å²) in [4.78, 5) is 0. The summed E-state index contributed by atoms with van der Waals surface area (Å²) in [7, 11) is 1.59. The molecule has 2 aromatic rings. The predicted octanol–water partition coefficient (Wildman–Crippen LogP) is 4.47. The van der Waals surface area contributed by atoms with Crippen molar-refractivity contribution in [2.75, 3.05) is 12.5 Å². The maximum absolute atomic E-state index is 12.4. The smallest absolute Gasteiger partial charge is 0.416 e. The first-order chi connectivity index (χ1) is 10.4. The van der Waals surface area contributed by atoms with Crippen molar-refractivity contribution in [2.45, 2.75) is 13.1 Å². The van der Waals surface area contributed by atoms with Crippen LogP contribution in [0.25, 0.3) is 0 Å². The highest BCUT2D eigenvalue weighted by molar-refractivity contribution is 5.80. The SMILES string of the molecule is COc1ccc(N/N=C/c2ccc(C(F)(F)F)cc2)c(C)c1. The third kappa shape index (κ3) is 4.00. The standard InChI is InChI=1S/C16H15F3N2O/c1-11-9-14(22-2)7-8-15(11)21-20-10-12-3-5-13(6-4-12)16(17,18)19/h3-10,21H,1-2H3/b20-10+. The highest BCUT2D eigenvalue weighted by atomic mass is 19.4. The highest BCUT2D eigenvalue weighted by Gasteiger charge is 2.29. The van der Waals surface area contributed by atoms with Crippen LogP contribution in [0.3, 0.4) is 0 Å². The second kappa shape index (κ2) is 6.51. The Hall–Kier alpha value is -2.50. The number of alkyl halides is 3. The lowest BCUT2D eigenvalue weighted by molar-refractivity contribution is -0.137. The second-order valence-electron chi connectivity index (χ2n) is 4.67. The van der Waals surface area contributed by atoms with Gasteiger partial charge in [-0.2, -0.15) is 18.3 Å². The van der Waals surface area contributed by atoms with E-state index in [2.05, 4.69) is 10.5 Å². The fourth-order valence-electron chi connectivity index (χ4n) is 1.82. The molecule has 0 radical (unpaired) electrons. The van der Waals surface area contributed by atoms with Crippen molar-refractivity contribution >= 4 is 11.9 Å². The molecule has 6 heteroatoms. The number of nitrogens with one attached hydrogen (secondary N) is 1. The Balaban J connectivity index is 2.03. The Morgan fingerprint density at radius 1 is 1.09 bits per heavy atom. The molecule has 0 atom stereocenters. The Morgan fingerprint density at radius 2 is 1.77 bits per heavy atom. The van der Waals surface area contributed by atoms with Crippen molar-refractivity contribution in [1.29, 1.82) is 0 Å². The fraction of sp³-hybridized carbons (Fsp3) is 0.188. The molecule has 0 fully saturated rings. The maximum atomic E-state index is 12.4. The Labute approximate surface area is 126 Å². The molecule has 2 aromatic carbocycles. The lowest BCUT2D eigenvalue weighted by Crippen LogP contribution is -2.04. The van der Waals surface area contributed by atoms with E-state index in [1.807, 2.05) is 19.1 Å². The van der Waals surface area contributed by atoms with Gasteiger partial charge in [-0.25, -0.2) is 0 Å². The third-order valence-corrected chi connectivity index (χ3v) is 3.07. The first kappa shape index (κ1) is 15.9. The van der Waals surface area contributed by atoms with Crippen LogP contribution in [-0.4, -0.2) is 13.3 Å². The van der Waals surface area contributed by atoms with Crippen LogP contribution in [0.1, 0.15) is 16.7 Å². The third-order valence-electron chi connectivity index (χ3n) is 3.07. The first-order valence-corrected chi connectivity index (χ1v) is 6.51. The van der Waals surface area contributed by atoms with Crippen molar-refractivity contribution in [3.63, 3.8) is 0 Å². The second-order valence-corrected chi connectivity index (χ2v) is 4.67. The molecule has 116 valence electrons. The average molecular weight is 308 g/mol. The van der Waals surface area contributed by atoms with Gasteiger partial charge < -0.3 is 4.74 Å². The van der Waals surface area contributed by atoms with Crippen molar-refractivity contribution in [3.05, 3.63) is 59.2 Å². The molecule has 22 heavy (non-hydrogen) atoms. The number of anilines is 1. The van der Waals surface area contributed by atoms with Crippen molar-refractivity contribution in [1.82, 2.24) is 0 Å². The molecule has 0 saturated carbocycles. The number of hydrogen-bond acceptors (Lipinski definition) is 3. The van der Waals surface area contributed by atoms with Crippen molar-refractivity contribution in [3.8, 4) is 5.75 Å². The van der Waals surface area contributed by atoms with Gasteiger partial charge in [0.15, 0.2) is 0 Å². The minimum absolute atomic E-state index is 0.576. The molecule has 0 aliphatic carbocycles. The largest absolute Gasteiger partial charge is 0.497 e. The van der Waals surface area contributed by atoms with Crippen LogP contribution in [0.2, 0.25) is 0 Å². The highest BCUT2D eigenvalue weighted by Crippen LogP contribution is 2.28. The molecule has 2 rings (SSSR count). The van der Waals surface area contributed by atoms with Crippen LogP contribution in [0, 0.1) is 6.92 Å². The summed E-state index contributed by atoms with van der Waals surface area (Å²) in [6.45, 7) is 1.90. The van der Waals surface area contributed by atoms with E-state index in [4.69, 9.17) is 4.74 Å². The number of rotatable bonds is 4. The molecule has 0 unspecified atom stereocenters. The summed E-state index contributed by atoms with van der Waals surface area (Å²) in [5.74, 6) is 0.745. The zero-order valence-electron chi connectivity index (χ0n) is 12.1. The van der Waals surface area contributed by atoms with E-state index in [0.29, 0.717) is 5.56 Å². The first-order valence-electron chi connectivity index (χ1n) is 6.51. The number of ether oxygens (including phenoxy) is 1. The van der Waals surface area contributed by atoms with E-state index in [1.54, 1.807) is 13.2 Å². The summed E-state index contributed by atoms with van der Waals surface area (Å²) in [6, 6.07) is 10.3. The van der Waals surface area contributed by atoms with Crippen molar-refractivity contribution in [2.24, 2.45) is 5.10 Å². The zero-order valence-corrected chi connectivity index (χ0v) is 12.1. The molecule has 0 spiro atoms. The van der Waals surface area contributed by atoms with Gasteiger partial charge in [-0.3, -0.25) is 5.43 Å². The topological polar surface area (TPSA) is 33.6 Å². The molecular formula is C16H15F3N2O. The van der Waals surface area contributed by atoms with Gasteiger partial charge in [-0.05, 0) is 48.4 Å². The monoisotopic (exact) mass is 308 g/mol. The summed E-state index contributed by atoms with van der Waals surface area (Å²) in [5, 5.41) is 4.02. The number of nitrogens with zero attached hydrogens (tertiary/aromatic N) is 1. The number of hydrazone groups is 1. The van der Waals surface area contributed by atoms with E-state index in [0.717, 1.165) is 29.1 Å². The maximum Gasteiger partial charge on any atom is 0.416 e. The van der Waals surface area contributed by atoms with Crippen LogP contribution >= 0.6 is 0 Å². The van der Waals surface area contributed by atoms with Crippen LogP contribution in [0.15, 0.2) is 47.6 Å². The molecule has 0 heterocycles. The van der Waals surface area contributed by atoms with Gasteiger partial charge in [0.25, 0.3) is 0 Å². The molecule has 0 aromatic heterocycles. The molecule has 0 saturated heterocycles. The number of benzene rings is 2. The van der Waals surface area contributed by atoms with Gasteiger partial charge in [-0.1, -0.05) is 12.1 Å². The van der Waals surface area contributed by atoms with Gasteiger partial charge in [0, 0.05) is 0 Å². The molecule has 3 nitrogen and oxygen atoms in total. The quantitative estimate of drug-likeness (QED) is 0.668. The normalized spacial score (nSPS) is 11.7. The predicted molar refractivity (Wildman–Crippen MR) is 80.4 cm³/mol. The number of hydrogen-bond donors (Lipinski definition) is 1. The van der Waals surface area contributed by atoms with Gasteiger partial charge in [0.1, 0.15) is 5.75 Å². The average Bonchev–Trinajstić information content (AvgIpc) is 2.48. The van der Waals surface area contributed by atoms with Crippen LogP contribution in [0.4, 0.5) is 18.9 Å². The van der Waals surface area contributed by atoms with E-state index in [9.17, 15) is 13.2 Å². The van der Waals surface area contributed by atoms with Crippen LogP contribution in [-0.2, 0) is 6.18 Å². The molecular weight excluding hydrogens is 293 g/mol. The molecule has 0 aliphatic heterocycles. The number of aryl methyl sites for hydroxylation is 1. The summed E-state index contributed by atoms with van der Waals surface area (Å²) >= 11 is 0. The van der Waals surface area contributed by atoms with E-state index in [1.165, 1.54) is 18.3 Å². The fourth-order valence-corrected chi connectivity index (χ4v) is 1.82. The van der Waals surface area contributed by atoms with E-state index >= 15 is 0 Å². The van der Waals surface area contributed by atoms with Crippen LogP contribution in [0.5, 0.6) is 5.75 Å². The Bertz CT molecular complexity index is 664. The summed E-state index contributed by atoms with van der Waals surface area (Å²) < 4.78 is 42.4. The molecule has 1 N–H and O–H groups in total. The zero-order chi connectivity index (χ0) is 16.2. The minimum Gasteiger partial charge on any atom is -0.497 e. The van der Waals surface area contributed by atoms with Gasteiger partial charge in [-0.15, -0.1) is 0 Å². The van der Waals surface area contributed by atoms with E-state index in [-0.39, 0.29) is 0 Å². The summed E-state index contributed by atoms with van der Waals surface area (Å²) in [5.41, 5.74) is 4.49. The number of methoxy groups -OCH3 is 1. The Morgan fingerprint density at radius 3 is 2.32 bits per heavy atom. The number of halogens is 3. The lowest BCUT2D eigenvalue weighted by Gasteiger charge is -2.07. The molecule has 0 amide bonds. The minimum atomic E-state index is -4.33. The van der Waals surface area contributed by atoms with Crippen LogP contribution < -0.4 is 10.2 Å². The summed E-state index contributed by atoms with van der Waals surface area (Å²) in [6.07, 6.45) is -2.86. The molecule has 0 bridgehead atoms. The van der Waals surface area contributed by atoms with E-state index < -0.39 is 11.7 Å².